The summed E-state index contributed by atoms with van der Waals surface area (Å²) in [6.07, 6.45) is 0.311. The third-order valence-corrected chi connectivity index (χ3v) is 2.82. The van der Waals surface area contributed by atoms with Gasteiger partial charge in [-0.25, -0.2) is 4.79 Å². The largest absolute Gasteiger partial charge is 0.326 e. The summed E-state index contributed by atoms with van der Waals surface area (Å²) in [6, 6.07) is 7.09. The first-order chi connectivity index (χ1) is 8.06. The van der Waals surface area contributed by atoms with Gasteiger partial charge in [-0.3, -0.25) is 14.8 Å². The monoisotopic (exact) mass is 270 g/mol. The number of hydrogen-bond donors (Lipinski definition) is 2. The summed E-state index contributed by atoms with van der Waals surface area (Å²) in [7, 11) is 0. The topological polar surface area (TPSA) is 65.7 Å². The molecule has 0 fully saturated rings. The van der Waals surface area contributed by atoms with Crippen molar-refractivity contribution in [2.24, 2.45) is 0 Å². The van der Waals surface area contributed by atoms with Crippen LogP contribution >= 0.6 is 23.2 Å². The highest BCUT2D eigenvalue weighted by atomic mass is 35.5. The second-order valence-electron chi connectivity index (χ2n) is 3.51. The number of H-pyrrole nitrogens is 2. The molecule has 0 aliphatic carbocycles. The fraction of sp³-hybridized carbons (Fsp3) is 0.0909. The van der Waals surface area contributed by atoms with Crippen LogP contribution in [0, 0.1) is 0 Å². The molecule has 0 bridgehead atoms. The van der Waals surface area contributed by atoms with E-state index in [0.717, 1.165) is 5.56 Å². The van der Waals surface area contributed by atoms with Crippen LogP contribution in [0.2, 0.25) is 10.2 Å². The second kappa shape index (κ2) is 4.77. The van der Waals surface area contributed by atoms with E-state index in [4.69, 9.17) is 23.2 Å². The molecule has 2 aromatic rings. The molecule has 6 heteroatoms. The molecule has 4 nitrogen and oxygen atoms in total. The number of nitrogens with one attached hydrogen (secondary N) is 2. The Hall–Kier alpha value is -1.52. The van der Waals surface area contributed by atoms with E-state index in [2.05, 4.69) is 9.97 Å². The normalized spacial score (nSPS) is 10.5. The maximum atomic E-state index is 11.6. The minimum Gasteiger partial charge on any atom is -0.297 e. The summed E-state index contributed by atoms with van der Waals surface area (Å²) in [6.45, 7) is 0. The molecule has 0 atom stereocenters. The molecule has 88 valence electrons. The van der Waals surface area contributed by atoms with Crippen LogP contribution in [0.5, 0.6) is 0 Å². The average Bonchev–Trinajstić information content (AvgIpc) is 2.23. The molecular formula is C11H8Cl2N2O2. The van der Waals surface area contributed by atoms with E-state index in [0.29, 0.717) is 17.0 Å². The van der Waals surface area contributed by atoms with Gasteiger partial charge in [-0.1, -0.05) is 35.3 Å². The Labute approximate surface area is 106 Å². The Morgan fingerprint density at radius 1 is 1.12 bits per heavy atom. The van der Waals surface area contributed by atoms with Gasteiger partial charge in [0.1, 0.15) is 5.15 Å². The first kappa shape index (κ1) is 12.0. The molecule has 2 rings (SSSR count). The lowest BCUT2D eigenvalue weighted by Crippen LogP contribution is -2.25. The molecular weight excluding hydrogens is 263 g/mol. The van der Waals surface area contributed by atoms with Crippen molar-refractivity contribution >= 4 is 23.2 Å². The van der Waals surface area contributed by atoms with Crippen LogP contribution in [-0.4, -0.2) is 9.97 Å². The van der Waals surface area contributed by atoms with Gasteiger partial charge in [-0.2, -0.15) is 0 Å². The fourth-order valence-corrected chi connectivity index (χ4v) is 1.94. The van der Waals surface area contributed by atoms with Gasteiger partial charge in [0.15, 0.2) is 0 Å². The lowest BCUT2D eigenvalue weighted by atomic mass is 10.1. The summed E-state index contributed by atoms with van der Waals surface area (Å²) in [5, 5.41) is 0.637. The highest BCUT2D eigenvalue weighted by Crippen LogP contribution is 2.15. The summed E-state index contributed by atoms with van der Waals surface area (Å²) in [5.41, 5.74) is 0.0547. The van der Waals surface area contributed by atoms with Crippen LogP contribution in [0.3, 0.4) is 0 Å². The number of rotatable bonds is 2. The number of benzene rings is 1. The lowest BCUT2D eigenvalue weighted by molar-refractivity contribution is 0.976. The van der Waals surface area contributed by atoms with Crippen molar-refractivity contribution < 1.29 is 0 Å². The fourth-order valence-electron chi connectivity index (χ4n) is 1.49. The van der Waals surface area contributed by atoms with Crippen molar-refractivity contribution in [2.45, 2.75) is 6.42 Å². The van der Waals surface area contributed by atoms with E-state index < -0.39 is 11.2 Å². The lowest BCUT2D eigenvalue weighted by Gasteiger charge is -2.03. The predicted octanol–water partition coefficient (Wildman–Crippen LogP) is 1.96. The van der Waals surface area contributed by atoms with E-state index >= 15 is 0 Å². The molecule has 0 spiro atoms. The van der Waals surface area contributed by atoms with Crippen LogP contribution < -0.4 is 11.2 Å². The highest BCUT2D eigenvalue weighted by Gasteiger charge is 2.08. The van der Waals surface area contributed by atoms with Crippen LogP contribution in [0.15, 0.2) is 33.9 Å². The maximum absolute atomic E-state index is 11.6. The summed E-state index contributed by atoms with van der Waals surface area (Å²) in [4.78, 5) is 27.0. The molecule has 1 heterocycles. The first-order valence-electron chi connectivity index (χ1n) is 4.81. The second-order valence-corrected chi connectivity index (χ2v) is 4.32. The van der Waals surface area contributed by atoms with Gasteiger partial charge in [-0.15, -0.1) is 0 Å². The summed E-state index contributed by atoms with van der Waals surface area (Å²) in [5.74, 6) is 0. The zero-order valence-electron chi connectivity index (χ0n) is 8.59. The molecule has 0 saturated carbocycles. The van der Waals surface area contributed by atoms with Gasteiger partial charge >= 0.3 is 5.69 Å². The van der Waals surface area contributed by atoms with Gasteiger partial charge in [0.05, 0.1) is 5.56 Å². The SMILES string of the molecule is O=c1[nH]c(Cl)c(Cc2cccc(Cl)c2)c(=O)[nH]1. The first-order valence-corrected chi connectivity index (χ1v) is 5.57. The molecule has 2 N–H and O–H groups in total. The third-order valence-electron chi connectivity index (χ3n) is 2.26. The Balaban J connectivity index is 2.43. The quantitative estimate of drug-likeness (QED) is 0.820. The third kappa shape index (κ3) is 2.78. The minimum atomic E-state index is -0.616. The summed E-state index contributed by atoms with van der Waals surface area (Å²) >= 11 is 11.7. The molecule has 0 radical (unpaired) electrons. The van der Waals surface area contributed by atoms with E-state index in [-0.39, 0.29) is 5.15 Å². The van der Waals surface area contributed by atoms with Crippen molar-refractivity contribution in [3.05, 3.63) is 66.4 Å². The molecule has 0 amide bonds. The van der Waals surface area contributed by atoms with Crippen molar-refractivity contribution in [2.75, 3.05) is 0 Å². The van der Waals surface area contributed by atoms with Crippen LogP contribution in [0.25, 0.3) is 0 Å². The standard InChI is InChI=1S/C11H8Cl2N2O2/c12-7-3-1-2-6(4-7)5-8-9(13)14-11(17)15-10(8)16/h1-4H,5H2,(H2,14,15,16,17). The van der Waals surface area contributed by atoms with Crippen molar-refractivity contribution in [1.29, 1.82) is 0 Å². The van der Waals surface area contributed by atoms with E-state index in [9.17, 15) is 9.59 Å². The zero-order chi connectivity index (χ0) is 12.4. The van der Waals surface area contributed by atoms with E-state index in [1.807, 2.05) is 6.07 Å². The van der Waals surface area contributed by atoms with Gasteiger partial charge < -0.3 is 0 Å². The number of hydrogen-bond acceptors (Lipinski definition) is 2. The van der Waals surface area contributed by atoms with Gasteiger partial charge in [0, 0.05) is 11.4 Å². The smallest absolute Gasteiger partial charge is 0.297 e. The molecule has 0 aliphatic heterocycles. The molecule has 1 aromatic carbocycles. The van der Waals surface area contributed by atoms with Crippen molar-refractivity contribution in [1.82, 2.24) is 9.97 Å². The van der Waals surface area contributed by atoms with Gasteiger partial charge in [0.2, 0.25) is 0 Å². The Kier molecular flexibility index (Phi) is 3.36. The van der Waals surface area contributed by atoms with Crippen LogP contribution in [0.4, 0.5) is 0 Å². The van der Waals surface area contributed by atoms with Gasteiger partial charge in [-0.05, 0) is 17.7 Å². The van der Waals surface area contributed by atoms with E-state index in [1.54, 1.807) is 18.2 Å². The number of aromatic amines is 2. The molecule has 0 saturated heterocycles. The maximum Gasteiger partial charge on any atom is 0.326 e. The van der Waals surface area contributed by atoms with Crippen molar-refractivity contribution in [3.8, 4) is 0 Å². The number of halogens is 2. The van der Waals surface area contributed by atoms with Crippen LogP contribution in [0.1, 0.15) is 11.1 Å². The average molecular weight is 271 g/mol. The highest BCUT2D eigenvalue weighted by molar-refractivity contribution is 6.30. The predicted molar refractivity (Wildman–Crippen MR) is 67.0 cm³/mol. The Morgan fingerprint density at radius 3 is 2.53 bits per heavy atom. The Bertz CT molecular complexity index is 661. The Morgan fingerprint density at radius 2 is 1.88 bits per heavy atom. The molecule has 0 unspecified atom stereocenters. The summed E-state index contributed by atoms with van der Waals surface area (Å²) < 4.78 is 0. The van der Waals surface area contributed by atoms with Crippen LogP contribution in [-0.2, 0) is 6.42 Å². The number of aromatic nitrogens is 2. The van der Waals surface area contributed by atoms with Crippen molar-refractivity contribution in [3.63, 3.8) is 0 Å². The minimum absolute atomic E-state index is 0.0544. The molecule has 0 aliphatic rings. The van der Waals surface area contributed by atoms with E-state index in [1.165, 1.54) is 0 Å². The van der Waals surface area contributed by atoms with Gasteiger partial charge in [0.25, 0.3) is 5.56 Å². The molecule has 17 heavy (non-hydrogen) atoms. The molecule has 1 aromatic heterocycles. The zero-order valence-corrected chi connectivity index (χ0v) is 10.1.